The number of nitrogens with zero attached hydrogens (tertiary/aromatic N) is 1. The third-order valence-corrected chi connectivity index (χ3v) is 6.46. The van der Waals surface area contributed by atoms with E-state index in [9.17, 15) is 4.79 Å². The van der Waals surface area contributed by atoms with E-state index in [1.54, 1.807) is 0 Å². The zero-order valence-electron chi connectivity index (χ0n) is 17.2. The quantitative estimate of drug-likeness (QED) is 0.362. The molecule has 6 heteroatoms. The molecule has 1 atom stereocenters. The SMILES string of the molecule is C=C(CC)C(c1ccccc1Cl)N1CCc2sc(OC(=O)OCC(C)C)cc2C1. The van der Waals surface area contributed by atoms with E-state index in [0.29, 0.717) is 11.7 Å². The van der Waals surface area contributed by atoms with Crippen molar-refractivity contribution in [2.24, 2.45) is 5.92 Å². The summed E-state index contributed by atoms with van der Waals surface area (Å²) in [6, 6.07) is 10.0. The van der Waals surface area contributed by atoms with Crippen molar-refractivity contribution in [2.75, 3.05) is 13.2 Å². The highest BCUT2D eigenvalue weighted by Gasteiger charge is 2.29. The van der Waals surface area contributed by atoms with Gasteiger partial charge in [0, 0.05) is 23.0 Å². The number of carbonyl (C=O) groups excluding carboxylic acids is 1. The molecule has 0 spiro atoms. The largest absolute Gasteiger partial charge is 0.514 e. The van der Waals surface area contributed by atoms with Gasteiger partial charge in [0.1, 0.15) is 0 Å². The standard InChI is InChI=1S/C23H28ClNO3S/c1-5-16(4)22(18-8-6-7-9-19(18)24)25-11-10-20-17(13-25)12-21(29-20)28-23(26)27-14-15(2)3/h6-9,12,15,22H,4-5,10-11,13-14H2,1-3H3. The maximum absolute atomic E-state index is 11.9. The van der Waals surface area contributed by atoms with Gasteiger partial charge in [-0.1, -0.05) is 62.7 Å². The summed E-state index contributed by atoms with van der Waals surface area (Å²) in [5.74, 6) is 0.279. The smallest absolute Gasteiger partial charge is 0.434 e. The number of carbonyl (C=O) groups is 1. The maximum Gasteiger partial charge on any atom is 0.514 e. The van der Waals surface area contributed by atoms with Crippen molar-refractivity contribution in [3.05, 3.63) is 63.5 Å². The second-order valence-electron chi connectivity index (χ2n) is 7.73. The molecule has 0 aliphatic carbocycles. The van der Waals surface area contributed by atoms with Crippen LogP contribution >= 0.6 is 22.9 Å². The van der Waals surface area contributed by atoms with Crippen LogP contribution in [0.1, 0.15) is 49.2 Å². The van der Waals surface area contributed by atoms with Crippen molar-refractivity contribution in [3.8, 4) is 5.06 Å². The highest BCUT2D eigenvalue weighted by Crippen LogP contribution is 2.40. The molecule has 0 saturated carbocycles. The van der Waals surface area contributed by atoms with Crippen molar-refractivity contribution in [2.45, 2.75) is 46.2 Å². The molecular formula is C23H28ClNO3S. The van der Waals surface area contributed by atoms with Gasteiger partial charge in [0.2, 0.25) is 0 Å². The topological polar surface area (TPSA) is 38.8 Å². The van der Waals surface area contributed by atoms with E-state index in [0.717, 1.165) is 42.1 Å². The summed E-state index contributed by atoms with van der Waals surface area (Å²) in [6.07, 6.45) is 1.16. The van der Waals surface area contributed by atoms with Crippen LogP contribution in [0.15, 0.2) is 42.5 Å². The second-order valence-corrected chi connectivity index (χ2v) is 9.23. The Balaban J connectivity index is 1.75. The first kappa shape index (κ1) is 21.9. The minimum Gasteiger partial charge on any atom is -0.434 e. The highest BCUT2D eigenvalue weighted by atomic mass is 35.5. The van der Waals surface area contributed by atoms with Crippen LogP contribution in [-0.4, -0.2) is 24.2 Å². The zero-order chi connectivity index (χ0) is 21.0. The Morgan fingerprint density at radius 2 is 2.10 bits per heavy atom. The molecule has 1 aliphatic rings. The number of benzene rings is 1. The van der Waals surface area contributed by atoms with Crippen molar-refractivity contribution in [1.82, 2.24) is 4.90 Å². The predicted octanol–water partition coefficient (Wildman–Crippen LogP) is 6.64. The molecule has 1 unspecified atom stereocenters. The Kier molecular flexibility index (Phi) is 7.38. The number of halogens is 1. The van der Waals surface area contributed by atoms with Crippen LogP contribution in [0.3, 0.4) is 0 Å². The Morgan fingerprint density at radius 3 is 2.79 bits per heavy atom. The van der Waals surface area contributed by atoms with Gasteiger partial charge in [-0.05, 0) is 42.0 Å². The molecule has 4 nitrogen and oxygen atoms in total. The first-order chi connectivity index (χ1) is 13.9. The lowest BCUT2D eigenvalue weighted by molar-refractivity contribution is 0.0897. The molecule has 1 aromatic carbocycles. The molecule has 0 bridgehead atoms. The summed E-state index contributed by atoms with van der Waals surface area (Å²) >= 11 is 8.04. The van der Waals surface area contributed by atoms with Crippen LogP contribution in [0, 0.1) is 5.92 Å². The average molecular weight is 434 g/mol. The van der Waals surface area contributed by atoms with E-state index >= 15 is 0 Å². The molecule has 0 fully saturated rings. The van der Waals surface area contributed by atoms with Gasteiger partial charge in [-0.2, -0.15) is 0 Å². The van der Waals surface area contributed by atoms with Gasteiger partial charge in [-0.25, -0.2) is 4.79 Å². The number of hydrogen-bond donors (Lipinski definition) is 0. The van der Waals surface area contributed by atoms with Gasteiger partial charge in [0.15, 0.2) is 5.06 Å². The van der Waals surface area contributed by atoms with E-state index in [1.807, 2.05) is 38.1 Å². The van der Waals surface area contributed by atoms with Gasteiger partial charge in [0.05, 0.1) is 12.6 Å². The summed E-state index contributed by atoms with van der Waals surface area (Å²) in [4.78, 5) is 15.5. The fourth-order valence-electron chi connectivity index (χ4n) is 3.51. The highest BCUT2D eigenvalue weighted by molar-refractivity contribution is 7.14. The van der Waals surface area contributed by atoms with Gasteiger partial charge in [-0.15, -0.1) is 11.3 Å². The summed E-state index contributed by atoms with van der Waals surface area (Å²) in [7, 11) is 0. The van der Waals surface area contributed by atoms with Crippen LogP contribution in [0.5, 0.6) is 5.06 Å². The lowest BCUT2D eigenvalue weighted by Crippen LogP contribution is -2.34. The molecule has 0 saturated heterocycles. The van der Waals surface area contributed by atoms with Crippen molar-refractivity contribution in [3.63, 3.8) is 0 Å². The Hall–Kier alpha value is -1.82. The average Bonchev–Trinajstić information content (AvgIpc) is 3.09. The molecule has 0 amide bonds. The van der Waals surface area contributed by atoms with Crippen LogP contribution in [0.25, 0.3) is 0 Å². The first-order valence-electron chi connectivity index (χ1n) is 10.0. The van der Waals surface area contributed by atoms with Gasteiger partial charge < -0.3 is 9.47 Å². The van der Waals surface area contributed by atoms with Crippen molar-refractivity contribution in [1.29, 1.82) is 0 Å². The summed E-state index contributed by atoms with van der Waals surface area (Å²) in [5, 5.41) is 1.36. The van der Waals surface area contributed by atoms with Crippen LogP contribution in [0.2, 0.25) is 5.02 Å². The van der Waals surface area contributed by atoms with E-state index in [2.05, 4.69) is 24.5 Å². The molecule has 0 radical (unpaired) electrons. The molecule has 1 aromatic heterocycles. The van der Waals surface area contributed by atoms with Crippen molar-refractivity contribution < 1.29 is 14.3 Å². The molecular weight excluding hydrogens is 406 g/mol. The van der Waals surface area contributed by atoms with E-state index in [4.69, 9.17) is 21.1 Å². The first-order valence-corrected chi connectivity index (χ1v) is 11.2. The number of hydrogen-bond acceptors (Lipinski definition) is 5. The minimum atomic E-state index is -0.637. The van der Waals surface area contributed by atoms with Crippen LogP contribution < -0.4 is 4.74 Å². The fraction of sp³-hybridized carbons (Fsp3) is 0.435. The number of thiophene rings is 1. The third kappa shape index (κ3) is 5.41. The molecule has 2 aromatic rings. The van der Waals surface area contributed by atoms with E-state index in [1.165, 1.54) is 21.8 Å². The maximum atomic E-state index is 11.9. The Labute approximate surface area is 182 Å². The Bertz CT molecular complexity index is 877. The van der Waals surface area contributed by atoms with Crippen LogP contribution in [0.4, 0.5) is 4.79 Å². The fourth-order valence-corrected chi connectivity index (χ4v) is 4.75. The summed E-state index contributed by atoms with van der Waals surface area (Å²) in [5.41, 5.74) is 3.42. The van der Waals surface area contributed by atoms with E-state index < -0.39 is 6.16 Å². The number of fused-ring (bicyclic) bond motifs is 1. The van der Waals surface area contributed by atoms with Crippen molar-refractivity contribution >= 4 is 29.1 Å². The Morgan fingerprint density at radius 1 is 1.34 bits per heavy atom. The van der Waals surface area contributed by atoms with Gasteiger partial charge in [-0.3, -0.25) is 4.90 Å². The normalized spacial score (nSPS) is 15.1. The van der Waals surface area contributed by atoms with E-state index in [-0.39, 0.29) is 12.0 Å². The lowest BCUT2D eigenvalue weighted by Gasteiger charge is -2.36. The predicted molar refractivity (Wildman–Crippen MR) is 119 cm³/mol. The van der Waals surface area contributed by atoms with Gasteiger partial charge in [0.25, 0.3) is 0 Å². The molecule has 29 heavy (non-hydrogen) atoms. The third-order valence-electron chi connectivity index (χ3n) is 5.00. The van der Waals surface area contributed by atoms with Gasteiger partial charge >= 0.3 is 6.16 Å². The molecule has 156 valence electrons. The molecule has 0 N–H and O–H groups in total. The monoisotopic (exact) mass is 433 g/mol. The lowest BCUT2D eigenvalue weighted by atomic mass is 9.94. The molecule has 1 aliphatic heterocycles. The van der Waals surface area contributed by atoms with Crippen LogP contribution in [-0.2, 0) is 17.7 Å². The number of rotatable bonds is 7. The summed E-state index contributed by atoms with van der Waals surface area (Å²) in [6.45, 7) is 12.5. The number of ether oxygens (including phenoxy) is 2. The zero-order valence-corrected chi connectivity index (χ0v) is 18.8. The molecule has 3 rings (SSSR count). The molecule has 2 heterocycles. The second kappa shape index (κ2) is 9.79. The summed E-state index contributed by atoms with van der Waals surface area (Å²) < 4.78 is 10.5. The minimum absolute atomic E-state index is 0.0714.